The summed E-state index contributed by atoms with van der Waals surface area (Å²) in [5.74, 6) is 0.0247. The van der Waals surface area contributed by atoms with Crippen LogP contribution in [0.4, 0.5) is 5.95 Å². The van der Waals surface area contributed by atoms with E-state index in [0.29, 0.717) is 17.8 Å². The third-order valence-electron chi connectivity index (χ3n) is 2.91. The average Bonchev–Trinajstić information content (AvgIpc) is 2.85. The molecule has 0 unspecified atom stereocenters. The van der Waals surface area contributed by atoms with Gasteiger partial charge >= 0.3 is 0 Å². The summed E-state index contributed by atoms with van der Waals surface area (Å²) < 4.78 is 1.49. The van der Waals surface area contributed by atoms with Crippen molar-refractivity contribution in [2.24, 2.45) is 0 Å². The molecule has 0 bridgehead atoms. The molecule has 0 saturated heterocycles. The predicted molar refractivity (Wildman–Crippen MR) is 75.0 cm³/mol. The van der Waals surface area contributed by atoms with Gasteiger partial charge < -0.3 is 11.1 Å². The smallest absolute Gasteiger partial charge is 0.253 e. The van der Waals surface area contributed by atoms with Gasteiger partial charge in [-0.05, 0) is 17.7 Å². The van der Waals surface area contributed by atoms with E-state index in [1.807, 2.05) is 30.3 Å². The summed E-state index contributed by atoms with van der Waals surface area (Å²) in [4.78, 5) is 16.1. The van der Waals surface area contributed by atoms with E-state index in [1.165, 1.54) is 4.52 Å². The number of nitrogens with zero attached hydrogens (tertiary/aromatic N) is 3. The number of nitrogens with one attached hydrogen (secondary N) is 1. The first-order valence-corrected chi connectivity index (χ1v) is 6.16. The average molecular weight is 267 g/mol. The van der Waals surface area contributed by atoms with Crippen molar-refractivity contribution < 1.29 is 4.79 Å². The van der Waals surface area contributed by atoms with Crippen molar-refractivity contribution in [2.75, 3.05) is 5.73 Å². The van der Waals surface area contributed by atoms with Crippen LogP contribution in [0.1, 0.15) is 15.9 Å². The number of hydrogen-bond donors (Lipinski definition) is 2. The SMILES string of the molecule is Nc1nc2ccc(C(=O)NCc3ccccc3)cn2n1. The summed E-state index contributed by atoms with van der Waals surface area (Å²) >= 11 is 0. The van der Waals surface area contributed by atoms with Gasteiger partial charge in [-0.1, -0.05) is 30.3 Å². The summed E-state index contributed by atoms with van der Waals surface area (Å²) in [5, 5.41) is 6.83. The Labute approximate surface area is 115 Å². The summed E-state index contributed by atoms with van der Waals surface area (Å²) in [7, 11) is 0. The lowest BCUT2D eigenvalue weighted by Gasteiger charge is -2.05. The van der Waals surface area contributed by atoms with Crippen LogP contribution in [0.3, 0.4) is 0 Å². The summed E-state index contributed by atoms with van der Waals surface area (Å²) in [6.07, 6.45) is 1.61. The maximum Gasteiger partial charge on any atom is 0.253 e. The standard InChI is InChI=1S/C14H13N5O/c15-14-17-12-7-6-11(9-19(12)18-14)13(20)16-8-10-4-2-1-3-5-10/h1-7,9H,8H2,(H2,15,18)(H,16,20). The van der Waals surface area contributed by atoms with Gasteiger partial charge in [0.1, 0.15) is 0 Å². The second-order valence-electron chi connectivity index (χ2n) is 4.36. The highest BCUT2D eigenvalue weighted by atomic mass is 16.1. The van der Waals surface area contributed by atoms with Crippen LogP contribution in [-0.2, 0) is 6.54 Å². The van der Waals surface area contributed by atoms with Gasteiger partial charge in [0.15, 0.2) is 5.65 Å². The lowest BCUT2D eigenvalue weighted by Crippen LogP contribution is -2.23. The molecular formula is C14H13N5O. The molecule has 3 N–H and O–H groups in total. The van der Waals surface area contributed by atoms with Crippen LogP contribution in [0.15, 0.2) is 48.7 Å². The molecule has 3 aromatic rings. The molecule has 2 heterocycles. The zero-order valence-electron chi connectivity index (χ0n) is 10.7. The molecule has 0 spiro atoms. The monoisotopic (exact) mass is 267 g/mol. The van der Waals surface area contributed by atoms with Gasteiger partial charge in [-0.2, -0.15) is 4.98 Å². The number of pyridine rings is 1. The predicted octanol–water partition coefficient (Wildman–Crippen LogP) is 1.24. The van der Waals surface area contributed by atoms with Crippen molar-refractivity contribution in [1.82, 2.24) is 19.9 Å². The van der Waals surface area contributed by atoms with Crippen LogP contribution >= 0.6 is 0 Å². The fourth-order valence-electron chi connectivity index (χ4n) is 1.91. The number of rotatable bonds is 3. The van der Waals surface area contributed by atoms with Gasteiger partial charge in [0.2, 0.25) is 5.95 Å². The van der Waals surface area contributed by atoms with Gasteiger partial charge in [0.05, 0.1) is 5.56 Å². The number of amides is 1. The first kappa shape index (κ1) is 12.2. The molecule has 0 fully saturated rings. The van der Waals surface area contributed by atoms with Crippen LogP contribution in [0.25, 0.3) is 5.65 Å². The Hall–Kier alpha value is -2.89. The fourth-order valence-corrected chi connectivity index (χ4v) is 1.91. The second kappa shape index (κ2) is 5.00. The van der Waals surface area contributed by atoms with Gasteiger partial charge in [0, 0.05) is 12.7 Å². The van der Waals surface area contributed by atoms with E-state index in [-0.39, 0.29) is 11.9 Å². The number of carbonyl (C=O) groups excluding carboxylic acids is 1. The van der Waals surface area contributed by atoms with Crippen LogP contribution in [0.2, 0.25) is 0 Å². The van der Waals surface area contributed by atoms with Crippen LogP contribution < -0.4 is 11.1 Å². The molecule has 0 aliphatic rings. The van der Waals surface area contributed by atoms with Crippen LogP contribution in [-0.4, -0.2) is 20.5 Å². The number of anilines is 1. The maximum absolute atomic E-state index is 12.1. The van der Waals surface area contributed by atoms with Crippen molar-refractivity contribution in [3.63, 3.8) is 0 Å². The summed E-state index contributed by atoms with van der Waals surface area (Å²) in [5.41, 5.74) is 7.68. The number of nitrogens with two attached hydrogens (primary N) is 1. The molecule has 0 saturated carbocycles. The number of benzene rings is 1. The Morgan fingerprint density at radius 1 is 1.20 bits per heavy atom. The molecule has 0 aliphatic heterocycles. The van der Waals surface area contributed by atoms with E-state index in [4.69, 9.17) is 5.73 Å². The van der Waals surface area contributed by atoms with E-state index in [9.17, 15) is 4.79 Å². The van der Waals surface area contributed by atoms with Crippen molar-refractivity contribution in [3.05, 3.63) is 59.8 Å². The molecule has 0 aliphatic carbocycles. The first-order chi connectivity index (χ1) is 9.72. The minimum absolute atomic E-state index is 0.162. The van der Waals surface area contributed by atoms with Crippen LogP contribution in [0, 0.1) is 0 Å². The molecular weight excluding hydrogens is 254 g/mol. The summed E-state index contributed by atoms with van der Waals surface area (Å²) in [6, 6.07) is 13.1. The van der Waals surface area contributed by atoms with Gasteiger partial charge in [-0.3, -0.25) is 4.79 Å². The molecule has 6 nitrogen and oxygen atoms in total. The molecule has 3 rings (SSSR count). The van der Waals surface area contributed by atoms with E-state index >= 15 is 0 Å². The number of fused-ring (bicyclic) bond motifs is 1. The lowest BCUT2D eigenvalue weighted by atomic mass is 10.2. The molecule has 0 radical (unpaired) electrons. The van der Waals surface area contributed by atoms with E-state index in [2.05, 4.69) is 15.4 Å². The molecule has 6 heteroatoms. The van der Waals surface area contributed by atoms with Gasteiger partial charge in [0.25, 0.3) is 5.91 Å². The van der Waals surface area contributed by atoms with Crippen molar-refractivity contribution in [2.45, 2.75) is 6.54 Å². The Morgan fingerprint density at radius 3 is 2.80 bits per heavy atom. The number of carbonyl (C=O) groups is 1. The minimum Gasteiger partial charge on any atom is -0.366 e. The maximum atomic E-state index is 12.1. The highest BCUT2D eigenvalue weighted by Crippen LogP contribution is 2.06. The highest BCUT2D eigenvalue weighted by Gasteiger charge is 2.08. The van der Waals surface area contributed by atoms with Crippen molar-refractivity contribution >= 4 is 17.5 Å². The van der Waals surface area contributed by atoms with Crippen molar-refractivity contribution in [3.8, 4) is 0 Å². The Kier molecular flexibility index (Phi) is 3.04. The second-order valence-corrected chi connectivity index (χ2v) is 4.36. The Morgan fingerprint density at radius 2 is 2.00 bits per heavy atom. The molecule has 1 aromatic carbocycles. The lowest BCUT2D eigenvalue weighted by molar-refractivity contribution is 0.0950. The molecule has 100 valence electrons. The zero-order valence-corrected chi connectivity index (χ0v) is 10.7. The molecule has 20 heavy (non-hydrogen) atoms. The largest absolute Gasteiger partial charge is 0.366 e. The van der Waals surface area contributed by atoms with Gasteiger partial charge in [-0.25, -0.2) is 4.52 Å². The minimum atomic E-state index is -0.162. The van der Waals surface area contributed by atoms with Crippen molar-refractivity contribution in [1.29, 1.82) is 0 Å². The normalized spacial score (nSPS) is 10.6. The number of nitrogen functional groups attached to an aromatic ring is 1. The van der Waals surface area contributed by atoms with E-state index in [0.717, 1.165) is 5.56 Å². The fraction of sp³-hybridized carbons (Fsp3) is 0.0714. The Balaban J connectivity index is 1.75. The van der Waals surface area contributed by atoms with Gasteiger partial charge in [-0.15, -0.1) is 5.10 Å². The van der Waals surface area contributed by atoms with Crippen LogP contribution in [0.5, 0.6) is 0 Å². The number of hydrogen-bond acceptors (Lipinski definition) is 4. The number of aromatic nitrogens is 3. The Bertz CT molecular complexity index is 751. The third kappa shape index (κ3) is 2.44. The van der Waals surface area contributed by atoms with E-state index in [1.54, 1.807) is 18.3 Å². The third-order valence-corrected chi connectivity index (χ3v) is 2.91. The quantitative estimate of drug-likeness (QED) is 0.747. The zero-order chi connectivity index (χ0) is 13.9. The first-order valence-electron chi connectivity index (χ1n) is 6.16. The molecule has 0 atom stereocenters. The van der Waals surface area contributed by atoms with E-state index < -0.39 is 0 Å². The molecule has 2 aromatic heterocycles. The topological polar surface area (TPSA) is 85.3 Å². The molecule has 1 amide bonds. The summed E-state index contributed by atoms with van der Waals surface area (Å²) in [6.45, 7) is 0.483. The highest BCUT2D eigenvalue weighted by molar-refractivity contribution is 5.94.